The van der Waals surface area contributed by atoms with Gasteiger partial charge in [-0.3, -0.25) is 9.59 Å². The van der Waals surface area contributed by atoms with Crippen LogP contribution < -0.4 is 5.11 Å². The van der Waals surface area contributed by atoms with Gasteiger partial charge in [0.15, 0.2) is 12.4 Å². The Balaban J connectivity index is 4.08. The average Bonchev–Trinajstić information content (AvgIpc) is 1.16. The van der Waals surface area contributed by atoms with Crippen molar-refractivity contribution in [1.29, 1.82) is 0 Å². The van der Waals surface area contributed by atoms with E-state index in [1.807, 2.05) is 21.1 Å². The molecule has 0 amide bonds. The van der Waals surface area contributed by atoms with Gasteiger partial charge in [-0.15, -0.1) is 0 Å². The van der Waals surface area contributed by atoms with E-state index in [-0.39, 0.29) is 38.6 Å². The molecular weight excluding hydrogens is 1270 g/mol. The lowest BCUT2D eigenvalue weighted by atomic mass is 10.0. The lowest BCUT2D eigenvalue weighted by Gasteiger charge is -2.26. The Labute approximate surface area is 634 Å². The molecule has 0 aliphatic carbocycles. The summed E-state index contributed by atoms with van der Waals surface area (Å²) in [5, 5.41) is 11.9. The van der Waals surface area contributed by atoms with E-state index >= 15 is 0 Å². The SMILES string of the molecule is CC/C=C\C/C=C\C/C=C\C/C=C\C/C=C\C/C=C\C/C=C\C/C=C\C/C=C\C/C=C\C/C=C\CCCCCC(=O)OC(COC(=O)CCCCCCCCCCCCCCCCCCCCCCCCCCCCCC/C=C\C/C=C\C/C=C\C/C=C\CC)COC(OCC[N+](C)(C)C)C(=O)[O-]. The van der Waals surface area contributed by atoms with Crippen molar-refractivity contribution in [3.05, 3.63) is 182 Å². The number of hydrogen-bond acceptors (Lipinski definition) is 8. The van der Waals surface area contributed by atoms with Gasteiger partial charge in [-0.2, -0.15) is 0 Å². The zero-order chi connectivity index (χ0) is 74.6. The third kappa shape index (κ3) is 83.5. The van der Waals surface area contributed by atoms with Gasteiger partial charge < -0.3 is 33.3 Å². The standard InChI is InChI=1S/C94H155NO8/c1-6-8-10-12-14-16-18-20-22-24-26-28-30-32-34-36-38-40-42-44-45-46-47-49-50-52-54-56-58-60-62-64-66-68-70-72-74-76-78-80-82-84-91(96)101-88-90(89-102-94(93(98)99)100-87-86-95(3,4)5)103-92(97)85-83-81-79-77-75-73-71-69-67-65-63-61-59-57-55-53-51-48-43-41-39-37-35-33-31-29-27-25-23-21-19-17-15-13-11-9-7-2/h8-11,14-17,20-23,26-29,33,35,39,41,48,51,55,57,61,63,67,69,73,75,90,94H,6-7,12-13,18-19,24-25,30-32,34,36-38,40,42-47,49-50,52-54,56,58-60,62,64-66,68,70-72,74,76-89H2,1-5H3/b10-8-,11-9-,16-14-,17-15-,22-20-,23-21-,28-26-,29-27-,35-33-,41-39-,51-48-,57-55-,63-61-,69-67-,75-73-. The molecule has 0 N–H and O–H groups in total. The Kier molecular flexibility index (Phi) is 77.6. The molecule has 0 aromatic carbocycles. The molecular formula is C94H155NO8. The number of ether oxygens (including phenoxy) is 4. The molecule has 0 saturated carbocycles. The average molecular weight is 1430 g/mol. The van der Waals surface area contributed by atoms with Crippen LogP contribution in [0, 0.1) is 0 Å². The molecule has 0 aliphatic heterocycles. The summed E-state index contributed by atoms with van der Waals surface area (Å²) in [6.07, 6.45) is 122. The number of nitrogens with zero attached hydrogens (tertiary/aromatic N) is 1. The van der Waals surface area contributed by atoms with E-state index in [9.17, 15) is 19.5 Å². The molecule has 9 heteroatoms. The van der Waals surface area contributed by atoms with Gasteiger partial charge in [0, 0.05) is 12.8 Å². The fourth-order valence-corrected chi connectivity index (χ4v) is 11.4. The van der Waals surface area contributed by atoms with Crippen LogP contribution >= 0.6 is 0 Å². The maximum Gasteiger partial charge on any atom is 0.306 e. The number of allylic oxidation sites excluding steroid dienone is 30. The number of rotatable bonds is 76. The highest BCUT2D eigenvalue weighted by molar-refractivity contribution is 5.70. The van der Waals surface area contributed by atoms with Crippen LogP contribution in [0.3, 0.4) is 0 Å². The number of quaternary nitrogens is 1. The first-order valence-electron chi connectivity index (χ1n) is 41.9. The van der Waals surface area contributed by atoms with Gasteiger partial charge in [0.1, 0.15) is 13.2 Å². The normalized spacial score (nSPS) is 13.6. The van der Waals surface area contributed by atoms with Crippen molar-refractivity contribution in [1.82, 2.24) is 0 Å². The van der Waals surface area contributed by atoms with E-state index in [1.165, 1.54) is 167 Å². The van der Waals surface area contributed by atoms with Crippen LogP contribution in [-0.2, 0) is 33.3 Å². The Hall–Kier alpha value is -5.61. The van der Waals surface area contributed by atoms with Crippen molar-refractivity contribution in [2.75, 3.05) is 47.5 Å². The maximum absolute atomic E-state index is 13.0. The minimum absolute atomic E-state index is 0.134. The van der Waals surface area contributed by atoms with Crippen molar-refractivity contribution in [3.8, 4) is 0 Å². The Morgan fingerprint density at radius 2 is 0.524 bits per heavy atom. The first-order chi connectivity index (χ1) is 50.6. The van der Waals surface area contributed by atoms with Crippen LogP contribution in [0.4, 0.5) is 0 Å². The first kappa shape index (κ1) is 97.4. The molecule has 103 heavy (non-hydrogen) atoms. The number of carbonyl (C=O) groups excluding carboxylic acids is 3. The van der Waals surface area contributed by atoms with Crippen LogP contribution in [0.5, 0.6) is 0 Å². The largest absolute Gasteiger partial charge is 0.545 e. The van der Waals surface area contributed by atoms with Crippen molar-refractivity contribution in [3.63, 3.8) is 0 Å². The van der Waals surface area contributed by atoms with Crippen molar-refractivity contribution in [2.45, 2.75) is 347 Å². The molecule has 0 heterocycles. The lowest BCUT2D eigenvalue weighted by Crippen LogP contribution is -2.44. The second kappa shape index (κ2) is 82.1. The number of unbranched alkanes of at least 4 members (excludes halogenated alkanes) is 31. The summed E-state index contributed by atoms with van der Waals surface area (Å²) in [4.78, 5) is 37.6. The van der Waals surface area contributed by atoms with Gasteiger partial charge in [0.2, 0.25) is 0 Å². The minimum Gasteiger partial charge on any atom is -0.545 e. The van der Waals surface area contributed by atoms with Crippen molar-refractivity contribution >= 4 is 17.9 Å². The molecule has 0 aliphatic rings. The summed E-state index contributed by atoms with van der Waals surface area (Å²) in [5.74, 6) is -2.33. The summed E-state index contributed by atoms with van der Waals surface area (Å²) in [6, 6.07) is 0. The van der Waals surface area contributed by atoms with Crippen LogP contribution in [0.25, 0.3) is 0 Å². The smallest absolute Gasteiger partial charge is 0.306 e. The number of hydrogen-bond donors (Lipinski definition) is 0. The molecule has 2 atom stereocenters. The highest BCUT2D eigenvalue weighted by atomic mass is 16.7. The molecule has 9 nitrogen and oxygen atoms in total. The predicted molar refractivity (Wildman–Crippen MR) is 444 cm³/mol. The van der Waals surface area contributed by atoms with Crippen molar-refractivity contribution in [2.24, 2.45) is 0 Å². The number of likely N-dealkylation sites (N-methyl/N-ethyl adjacent to an activating group) is 1. The molecule has 0 aromatic heterocycles. The zero-order valence-corrected chi connectivity index (χ0v) is 66.9. The highest BCUT2D eigenvalue weighted by Crippen LogP contribution is 2.18. The van der Waals surface area contributed by atoms with E-state index < -0.39 is 24.3 Å². The molecule has 0 rings (SSSR count). The zero-order valence-electron chi connectivity index (χ0n) is 66.9. The Bertz CT molecular complexity index is 2360. The first-order valence-corrected chi connectivity index (χ1v) is 41.9. The summed E-state index contributed by atoms with van der Waals surface area (Å²) >= 11 is 0. The quantitative estimate of drug-likeness (QED) is 0.0195. The third-order valence-corrected chi connectivity index (χ3v) is 17.6. The lowest BCUT2D eigenvalue weighted by molar-refractivity contribution is -0.870. The number of carboxylic acids is 1. The van der Waals surface area contributed by atoms with E-state index in [4.69, 9.17) is 18.9 Å². The number of esters is 2. The molecule has 0 aromatic rings. The maximum atomic E-state index is 13.0. The molecule has 2 unspecified atom stereocenters. The number of carboxylic acid groups (broad SMARTS) is 1. The van der Waals surface area contributed by atoms with Gasteiger partial charge in [-0.1, -0.05) is 369 Å². The molecule has 0 radical (unpaired) electrons. The predicted octanol–water partition coefficient (Wildman–Crippen LogP) is 26.1. The summed E-state index contributed by atoms with van der Waals surface area (Å²) < 4.78 is 22.8. The van der Waals surface area contributed by atoms with Gasteiger partial charge in [-0.05, 0) is 135 Å². The van der Waals surface area contributed by atoms with Crippen LogP contribution in [0.2, 0.25) is 0 Å². The second-order valence-electron chi connectivity index (χ2n) is 28.7. The minimum atomic E-state index is -1.64. The molecule has 0 fully saturated rings. The molecule has 584 valence electrons. The highest BCUT2D eigenvalue weighted by Gasteiger charge is 2.22. The van der Waals surface area contributed by atoms with Crippen molar-refractivity contribution < 1.29 is 42.9 Å². The Morgan fingerprint density at radius 3 is 0.786 bits per heavy atom. The molecule has 0 saturated heterocycles. The van der Waals surface area contributed by atoms with E-state index in [0.717, 1.165) is 135 Å². The number of aliphatic carboxylic acids is 1. The van der Waals surface area contributed by atoms with Crippen LogP contribution in [-0.4, -0.2) is 82.3 Å². The summed E-state index contributed by atoms with van der Waals surface area (Å²) in [7, 11) is 5.92. The van der Waals surface area contributed by atoms with Gasteiger partial charge >= 0.3 is 11.9 Å². The molecule has 0 bridgehead atoms. The topological polar surface area (TPSA) is 111 Å². The van der Waals surface area contributed by atoms with Gasteiger partial charge in [0.25, 0.3) is 0 Å². The van der Waals surface area contributed by atoms with Gasteiger partial charge in [0.05, 0.1) is 40.3 Å². The summed E-state index contributed by atoms with van der Waals surface area (Å²) in [5.41, 5.74) is 0. The van der Waals surface area contributed by atoms with E-state index in [2.05, 4.69) is 196 Å². The van der Waals surface area contributed by atoms with Crippen LogP contribution in [0.1, 0.15) is 335 Å². The van der Waals surface area contributed by atoms with Gasteiger partial charge in [-0.25, -0.2) is 0 Å². The third-order valence-electron chi connectivity index (χ3n) is 17.6. The van der Waals surface area contributed by atoms with E-state index in [1.54, 1.807) is 0 Å². The molecule has 0 spiro atoms. The van der Waals surface area contributed by atoms with Crippen LogP contribution in [0.15, 0.2) is 182 Å². The monoisotopic (exact) mass is 1430 g/mol. The number of carbonyl (C=O) groups is 3. The Morgan fingerprint density at radius 1 is 0.291 bits per heavy atom. The summed E-state index contributed by atoms with van der Waals surface area (Å²) in [6.45, 7) is 4.49. The fraction of sp³-hybridized carbons (Fsp3) is 0.649. The van der Waals surface area contributed by atoms with E-state index in [0.29, 0.717) is 17.4 Å². The fourth-order valence-electron chi connectivity index (χ4n) is 11.4. The second-order valence-corrected chi connectivity index (χ2v) is 28.7.